The molecule has 1 saturated heterocycles. The van der Waals surface area contributed by atoms with Crippen molar-refractivity contribution >= 4 is 5.95 Å². The third-order valence-corrected chi connectivity index (χ3v) is 3.22. The van der Waals surface area contributed by atoms with E-state index in [4.69, 9.17) is 4.74 Å². The summed E-state index contributed by atoms with van der Waals surface area (Å²) in [6.07, 6.45) is 7.39. The van der Waals surface area contributed by atoms with Gasteiger partial charge in [0.05, 0.1) is 19.5 Å². The Labute approximate surface area is 109 Å². The number of methoxy groups -OCH3 is 1. The lowest BCUT2D eigenvalue weighted by atomic mass is 10.1. The number of piperidine rings is 1. The Balaban J connectivity index is 1.80. The molecule has 1 unspecified atom stereocenters. The Kier molecular flexibility index (Phi) is 4.75. The van der Waals surface area contributed by atoms with Crippen molar-refractivity contribution in [3.8, 4) is 5.75 Å². The molecular formula is C13H22N4O. The fourth-order valence-electron chi connectivity index (χ4n) is 2.29. The Bertz CT molecular complexity index is 349. The molecular weight excluding hydrogens is 228 g/mol. The molecule has 0 bridgehead atoms. The van der Waals surface area contributed by atoms with Crippen LogP contribution in [0.15, 0.2) is 12.4 Å². The van der Waals surface area contributed by atoms with Crippen LogP contribution in [0.25, 0.3) is 0 Å². The molecule has 1 N–H and O–H groups in total. The van der Waals surface area contributed by atoms with Crippen molar-refractivity contribution in [2.24, 2.45) is 0 Å². The Morgan fingerprint density at radius 3 is 2.56 bits per heavy atom. The maximum absolute atomic E-state index is 5.03. The smallest absolute Gasteiger partial charge is 0.223 e. The van der Waals surface area contributed by atoms with Crippen LogP contribution in [0.1, 0.15) is 26.2 Å². The van der Waals surface area contributed by atoms with Gasteiger partial charge >= 0.3 is 0 Å². The fourth-order valence-corrected chi connectivity index (χ4v) is 2.29. The highest BCUT2D eigenvalue weighted by Crippen LogP contribution is 2.11. The highest BCUT2D eigenvalue weighted by molar-refractivity contribution is 5.28. The molecule has 0 radical (unpaired) electrons. The third-order valence-electron chi connectivity index (χ3n) is 3.22. The van der Waals surface area contributed by atoms with Gasteiger partial charge < -0.3 is 15.0 Å². The lowest BCUT2D eigenvalue weighted by Gasteiger charge is -2.29. The van der Waals surface area contributed by atoms with Gasteiger partial charge in [-0.05, 0) is 32.9 Å². The van der Waals surface area contributed by atoms with E-state index >= 15 is 0 Å². The van der Waals surface area contributed by atoms with E-state index in [0.29, 0.717) is 17.7 Å². The largest absolute Gasteiger partial charge is 0.494 e. The summed E-state index contributed by atoms with van der Waals surface area (Å²) in [5, 5.41) is 3.32. The van der Waals surface area contributed by atoms with Crippen molar-refractivity contribution in [1.82, 2.24) is 14.9 Å². The van der Waals surface area contributed by atoms with Crippen LogP contribution >= 0.6 is 0 Å². The van der Waals surface area contributed by atoms with Gasteiger partial charge in [-0.25, -0.2) is 9.97 Å². The minimum Gasteiger partial charge on any atom is -0.494 e. The zero-order chi connectivity index (χ0) is 12.8. The van der Waals surface area contributed by atoms with Crippen LogP contribution in [0, 0.1) is 0 Å². The predicted molar refractivity (Wildman–Crippen MR) is 72.0 cm³/mol. The van der Waals surface area contributed by atoms with Crippen molar-refractivity contribution in [1.29, 1.82) is 0 Å². The lowest BCUT2D eigenvalue weighted by molar-refractivity contribution is 0.223. The molecule has 2 rings (SSSR count). The molecule has 0 amide bonds. The van der Waals surface area contributed by atoms with Gasteiger partial charge in [0.2, 0.25) is 5.95 Å². The molecule has 1 aliphatic rings. The maximum atomic E-state index is 5.03. The van der Waals surface area contributed by atoms with Crippen LogP contribution in [-0.2, 0) is 0 Å². The molecule has 1 atom stereocenters. The van der Waals surface area contributed by atoms with Crippen molar-refractivity contribution in [2.75, 3.05) is 32.1 Å². The quantitative estimate of drug-likeness (QED) is 0.863. The van der Waals surface area contributed by atoms with Crippen molar-refractivity contribution < 1.29 is 4.74 Å². The van der Waals surface area contributed by atoms with Crippen molar-refractivity contribution in [2.45, 2.75) is 32.2 Å². The molecule has 1 aliphatic heterocycles. The van der Waals surface area contributed by atoms with Crippen LogP contribution in [0.5, 0.6) is 5.75 Å². The predicted octanol–water partition coefficient (Wildman–Crippen LogP) is 1.77. The van der Waals surface area contributed by atoms with Crippen LogP contribution in [0.3, 0.4) is 0 Å². The van der Waals surface area contributed by atoms with E-state index in [1.54, 1.807) is 19.5 Å². The first kappa shape index (κ1) is 13.1. The van der Waals surface area contributed by atoms with Gasteiger partial charge in [0, 0.05) is 12.6 Å². The molecule has 5 nitrogen and oxygen atoms in total. The molecule has 5 heteroatoms. The van der Waals surface area contributed by atoms with Gasteiger partial charge in [-0.3, -0.25) is 0 Å². The van der Waals surface area contributed by atoms with Gasteiger partial charge in [-0.1, -0.05) is 6.42 Å². The van der Waals surface area contributed by atoms with E-state index < -0.39 is 0 Å². The summed E-state index contributed by atoms with van der Waals surface area (Å²) in [7, 11) is 1.62. The van der Waals surface area contributed by atoms with E-state index in [0.717, 1.165) is 6.54 Å². The van der Waals surface area contributed by atoms with Crippen LogP contribution < -0.4 is 10.1 Å². The number of rotatable bonds is 5. The summed E-state index contributed by atoms with van der Waals surface area (Å²) in [6, 6.07) is 0.358. The minimum atomic E-state index is 0.358. The van der Waals surface area contributed by atoms with E-state index in [2.05, 4.69) is 27.1 Å². The highest BCUT2D eigenvalue weighted by atomic mass is 16.5. The molecule has 1 fully saturated rings. The van der Waals surface area contributed by atoms with Crippen molar-refractivity contribution in [3.05, 3.63) is 12.4 Å². The molecule has 1 aromatic heterocycles. The lowest BCUT2D eigenvalue weighted by Crippen LogP contribution is -2.38. The summed E-state index contributed by atoms with van der Waals surface area (Å²) in [4.78, 5) is 10.9. The summed E-state index contributed by atoms with van der Waals surface area (Å²) in [5.74, 6) is 1.35. The Hall–Kier alpha value is -1.36. The van der Waals surface area contributed by atoms with E-state index in [1.165, 1.54) is 32.4 Å². The number of ether oxygens (including phenoxy) is 1. The van der Waals surface area contributed by atoms with E-state index in [1.807, 2.05) is 0 Å². The zero-order valence-corrected chi connectivity index (χ0v) is 11.2. The summed E-state index contributed by atoms with van der Waals surface area (Å²) in [6.45, 7) is 5.66. The molecule has 18 heavy (non-hydrogen) atoms. The van der Waals surface area contributed by atoms with Crippen molar-refractivity contribution in [3.63, 3.8) is 0 Å². The molecule has 0 aromatic carbocycles. The average Bonchev–Trinajstić information content (AvgIpc) is 2.40. The normalized spacial score (nSPS) is 18.3. The van der Waals surface area contributed by atoms with Gasteiger partial charge in [0.1, 0.15) is 0 Å². The SMILES string of the molecule is COc1cnc(NC(C)CN2CCCCC2)nc1. The van der Waals surface area contributed by atoms with Crippen LogP contribution in [0.4, 0.5) is 5.95 Å². The summed E-state index contributed by atoms with van der Waals surface area (Å²) >= 11 is 0. The Morgan fingerprint density at radius 2 is 1.94 bits per heavy atom. The first-order chi connectivity index (χ1) is 8.78. The second-order valence-corrected chi connectivity index (χ2v) is 4.85. The molecule has 0 spiro atoms. The fraction of sp³-hybridized carbons (Fsp3) is 0.692. The number of anilines is 1. The van der Waals surface area contributed by atoms with Gasteiger partial charge in [0.25, 0.3) is 0 Å². The molecule has 0 saturated carbocycles. The standard InChI is InChI=1S/C13H22N4O/c1-11(10-17-6-4-3-5-7-17)16-13-14-8-12(18-2)9-15-13/h8-9,11H,3-7,10H2,1-2H3,(H,14,15,16). The number of nitrogens with zero attached hydrogens (tertiary/aromatic N) is 3. The number of hydrogen-bond acceptors (Lipinski definition) is 5. The maximum Gasteiger partial charge on any atom is 0.223 e. The molecule has 0 aliphatic carbocycles. The number of aromatic nitrogens is 2. The number of nitrogens with one attached hydrogen (secondary N) is 1. The summed E-state index contributed by atoms with van der Waals surface area (Å²) in [5.41, 5.74) is 0. The first-order valence-electron chi connectivity index (χ1n) is 6.63. The van der Waals surface area contributed by atoms with Gasteiger partial charge in [0.15, 0.2) is 5.75 Å². The van der Waals surface area contributed by atoms with Gasteiger partial charge in [-0.15, -0.1) is 0 Å². The topological polar surface area (TPSA) is 50.3 Å². The number of likely N-dealkylation sites (tertiary alicyclic amines) is 1. The van der Waals surface area contributed by atoms with Crippen LogP contribution in [-0.4, -0.2) is 47.7 Å². The number of hydrogen-bond donors (Lipinski definition) is 1. The second-order valence-electron chi connectivity index (χ2n) is 4.85. The average molecular weight is 250 g/mol. The van der Waals surface area contributed by atoms with Crippen LogP contribution in [0.2, 0.25) is 0 Å². The zero-order valence-electron chi connectivity index (χ0n) is 11.2. The third kappa shape index (κ3) is 3.84. The first-order valence-corrected chi connectivity index (χ1v) is 6.63. The monoisotopic (exact) mass is 250 g/mol. The van der Waals surface area contributed by atoms with Gasteiger partial charge in [-0.2, -0.15) is 0 Å². The summed E-state index contributed by atoms with van der Waals surface area (Å²) < 4.78 is 5.03. The molecule has 2 heterocycles. The van der Waals surface area contributed by atoms with E-state index in [9.17, 15) is 0 Å². The second kappa shape index (κ2) is 6.54. The highest BCUT2D eigenvalue weighted by Gasteiger charge is 2.13. The van der Waals surface area contributed by atoms with E-state index in [-0.39, 0.29) is 0 Å². The molecule has 1 aromatic rings. The Morgan fingerprint density at radius 1 is 1.28 bits per heavy atom. The minimum absolute atomic E-state index is 0.358. The molecule has 100 valence electrons.